The van der Waals surface area contributed by atoms with Crippen LogP contribution in [-0.4, -0.2) is 18.0 Å². The van der Waals surface area contributed by atoms with Crippen molar-refractivity contribution in [3.63, 3.8) is 0 Å². The quantitative estimate of drug-likeness (QED) is 0.795. The van der Waals surface area contributed by atoms with E-state index in [1.165, 1.54) is 3.57 Å². The lowest BCUT2D eigenvalue weighted by Gasteiger charge is -2.28. The standard InChI is InChI=1S/C15H21IN2O/c1-3-7-15(8-4-9-17-15)14(19)18-13-6-5-12(16)10-11(13)2/h5-6,10,17H,3-4,7-9H2,1-2H3,(H,18,19). The van der Waals surface area contributed by atoms with Crippen molar-refractivity contribution >= 4 is 34.2 Å². The third kappa shape index (κ3) is 3.28. The fraction of sp³-hybridized carbons (Fsp3) is 0.533. The molecule has 1 aromatic rings. The summed E-state index contributed by atoms with van der Waals surface area (Å²) in [6, 6.07) is 6.10. The van der Waals surface area contributed by atoms with E-state index in [2.05, 4.69) is 46.2 Å². The molecule has 0 saturated carbocycles. The highest BCUT2D eigenvalue weighted by atomic mass is 127. The van der Waals surface area contributed by atoms with Gasteiger partial charge in [-0.3, -0.25) is 4.79 Å². The summed E-state index contributed by atoms with van der Waals surface area (Å²) in [5, 5.41) is 6.51. The van der Waals surface area contributed by atoms with Gasteiger partial charge >= 0.3 is 0 Å². The Morgan fingerprint density at radius 2 is 2.32 bits per heavy atom. The van der Waals surface area contributed by atoms with Crippen molar-refractivity contribution in [1.29, 1.82) is 0 Å². The molecule has 1 atom stereocenters. The van der Waals surface area contributed by atoms with Crippen LogP contribution in [0.15, 0.2) is 18.2 Å². The molecule has 0 aromatic heterocycles. The Kier molecular flexibility index (Phi) is 4.84. The summed E-state index contributed by atoms with van der Waals surface area (Å²) < 4.78 is 1.19. The highest BCUT2D eigenvalue weighted by molar-refractivity contribution is 14.1. The van der Waals surface area contributed by atoms with Crippen molar-refractivity contribution in [2.45, 2.75) is 45.1 Å². The Labute approximate surface area is 128 Å². The van der Waals surface area contributed by atoms with Crippen LogP contribution in [0.1, 0.15) is 38.2 Å². The molecule has 1 aromatic carbocycles. The summed E-state index contributed by atoms with van der Waals surface area (Å²) in [5.41, 5.74) is 1.68. The highest BCUT2D eigenvalue weighted by Gasteiger charge is 2.39. The molecule has 2 N–H and O–H groups in total. The Morgan fingerprint density at radius 3 is 2.89 bits per heavy atom. The molecule has 1 fully saturated rings. The van der Waals surface area contributed by atoms with Gasteiger partial charge in [0.25, 0.3) is 0 Å². The second-order valence-electron chi connectivity index (χ2n) is 5.28. The molecule has 0 aliphatic carbocycles. The predicted molar refractivity (Wildman–Crippen MR) is 87.4 cm³/mol. The minimum absolute atomic E-state index is 0.121. The van der Waals surface area contributed by atoms with Gasteiger partial charge in [0.05, 0.1) is 5.54 Å². The summed E-state index contributed by atoms with van der Waals surface area (Å²) in [7, 11) is 0. The van der Waals surface area contributed by atoms with E-state index < -0.39 is 0 Å². The van der Waals surface area contributed by atoms with Crippen LogP contribution in [0.25, 0.3) is 0 Å². The van der Waals surface area contributed by atoms with Crippen molar-refractivity contribution < 1.29 is 4.79 Å². The van der Waals surface area contributed by atoms with Crippen molar-refractivity contribution in [3.05, 3.63) is 27.3 Å². The van der Waals surface area contributed by atoms with E-state index in [0.717, 1.165) is 43.5 Å². The van der Waals surface area contributed by atoms with Gasteiger partial charge in [0.1, 0.15) is 0 Å². The first-order chi connectivity index (χ1) is 9.07. The molecule has 4 heteroatoms. The highest BCUT2D eigenvalue weighted by Crippen LogP contribution is 2.27. The maximum absolute atomic E-state index is 12.6. The first kappa shape index (κ1) is 14.8. The first-order valence-corrected chi connectivity index (χ1v) is 7.98. The smallest absolute Gasteiger partial charge is 0.244 e. The SMILES string of the molecule is CCCC1(C(=O)Nc2ccc(I)cc2C)CCCN1. The average molecular weight is 372 g/mol. The lowest BCUT2D eigenvalue weighted by molar-refractivity contribution is -0.122. The van der Waals surface area contributed by atoms with E-state index in [9.17, 15) is 4.79 Å². The lowest BCUT2D eigenvalue weighted by Crippen LogP contribution is -2.50. The van der Waals surface area contributed by atoms with Crippen LogP contribution in [0.2, 0.25) is 0 Å². The topological polar surface area (TPSA) is 41.1 Å². The zero-order valence-corrected chi connectivity index (χ0v) is 13.7. The Morgan fingerprint density at radius 1 is 1.53 bits per heavy atom. The first-order valence-electron chi connectivity index (χ1n) is 6.90. The molecule has 1 aliphatic heterocycles. The lowest BCUT2D eigenvalue weighted by atomic mass is 9.90. The zero-order valence-electron chi connectivity index (χ0n) is 11.6. The van der Waals surface area contributed by atoms with E-state index in [1.807, 2.05) is 19.1 Å². The summed E-state index contributed by atoms with van der Waals surface area (Å²) >= 11 is 2.29. The molecule has 0 radical (unpaired) electrons. The summed E-state index contributed by atoms with van der Waals surface area (Å²) in [5.74, 6) is 0.121. The molecule has 3 nitrogen and oxygen atoms in total. The van der Waals surface area contributed by atoms with Crippen molar-refractivity contribution in [3.8, 4) is 0 Å². The van der Waals surface area contributed by atoms with Crippen LogP contribution in [0.4, 0.5) is 5.69 Å². The number of halogens is 1. The molecule has 0 bridgehead atoms. The van der Waals surface area contributed by atoms with Crippen LogP contribution < -0.4 is 10.6 Å². The van der Waals surface area contributed by atoms with E-state index in [1.54, 1.807) is 0 Å². The number of carbonyl (C=O) groups excluding carboxylic acids is 1. The van der Waals surface area contributed by atoms with Gasteiger partial charge in [0, 0.05) is 9.26 Å². The average Bonchev–Trinajstić information content (AvgIpc) is 2.83. The van der Waals surface area contributed by atoms with Gasteiger partial charge in [0.2, 0.25) is 5.91 Å². The van der Waals surface area contributed by atoms with Crippen LogP contribution in [0.5, 0.6) is 0 Å². The van der Waals surface area contributed by atoms with Crippen LogP contribution in [-0.2, 0) is 4.79 Å². The Balaban J connectivity index is 2.15. The molecule has 1 heterocycles. The number of aryl methyl sites for hydroxylation is 1. The number of anilines is 1. The minimum atomic E-state index is -0.357. The molecular weight excluding hydrogens is 351 g/mol. The molecule has 19 heavy (non-hydrogen) atoms. The number of carbonyl (C=O) groups is 1. The molecule has 1 saturated heterocycles. The second-order valence-corrected chi connectivity index (χ2v) is 6.52. The number of benzene rings is 1. The fourth-order valence-electron chi connectivity index (χ4n) is 2.76. The number of hydrogen-bond donors (Lipinski definition) is 2. The normalized spacial score (nSPS) is 22.5. The molecule has 1 unspecified atom stereocenters. The van der Waals surface area contributed by atoms with Gasteiger partial charge in [-0.1, -0.05) is 13.3 Å². The number of amides is 1. The van der Waals surface area contributed by atoms with Gasteiger partial charge in [0.15, 0.2) is 0 Å². The van der Waals surface area contributed by atoms with E-state index in [4.69, 9.17) is 0 Å². The molecule has 104 valence electrons. The monoisotopic (exact) mass is 372 g/mol. The Hall–Kier alpha value is -0.620. The summed E-state index contributed by atoms with van der Waals surface area (Å²) in [4.78, 5) is 12.6. The third-order valence-electron chi connectivity index (χ3n) is 3.79. The summed E-state index contributed by atoms with van der Waals surface area (Å²) in [6.45, 7) is 5.11. The van der Waals surface area contributed by atoms with E-state index >= 15 is 0 Å². The van der Waals surface area contributed by atoms with Gasteiger partial charge < -0.3 is 10.6 Å². The molecule has 2 rings (SSSR count). The van der Waals surface area contributed by atoms with Gasteiger partial charge in [-0.2, -0.15) is 0 Å². The molecular formula is C15H21IN2O. The second kappa shape index (κ2) is 6.22. The van der Waals surface area contributed by atoms with Crippen molar-refractivity contribution in [2.24, 2.45) is 0 Å². The number of nitrogens with one attached hydrogen (secondary N) is 2. The van der Waals surface area contributed by atoms with Gasteiger partial charge in [-0.05, 0) is 79.1 Å². The molecule has 1 amide bonds. The summed E-state index contributed by atoms with van der Waals surface area (Å²) in [6.07, 6.45) is 3.95. The molecule has 0 spiro atoms. The van der Waals surface area contributed by atoms with Gasteiger partial charge in [-0.15, -0.1) is 0 Å². The zero-order chi connectivity index (χ0) is 13.9. The van der Waals surface area contributed by atoms with Crippen LogP contribution >= 0.6 is 22.6 Å². The fourth-order valence-corrected chi connectivity index (χ4v) is 3.41. The largest absolute Gasteiger partial charge is 0.324 e. The van der Waals surface area contributed by atoms with Crippen LogP contribution in [0, 0.1) is 10.5 Å². The Bertz CT molecular complexity index is 467. The van der Waals surface area contributed by atoms with E-state index in [0.29, 0.717) is 0 Å². The van der Waals surface area contributed by atoms with Gasteiger partial charge in [-0.25, -0.2) is 0 Å². The maximum atomic E-state index is 12.6. The molecule has 1 aliphatic rings. The van der Waals surface area contributed by atoms with Crippen molar-refractivity contribution in [1.82, 2.24) is 5.32 Å². The van der Waals surface area contributed by atoms with Crippen molar-refractivity contribution in [2.75, 3.05) is 11.9 Å². The maximum Gasteiger partial charge on any atom is 0.244 e. The number of rotatable bonds is 4. The third-order valence-corrected chi connectivity index (χ3v) is 4.46. The predicted octanol–water partition coefficient (Wildman–Crippen LogP) is 3.46. The van der Waals surface area contributed by atoms with E-state index in [-0.39, 0.29) is 11.4 Å². The number of hydrogen-bond acceptors (Lipinski definition) is 2. The minimum Gasteiger partial charge on any atom is -0.324 e. The van der Waals surface area contributed by atoms with Crippen LogP contribution in [0.3, 0.4) is 0 Å².